The molecule has 0 N–H and O–H groups in total. The maximum Gasteiger partial charge on any atom is 0.252 e. The summed E-state index contributed by atoms with van der Waals surface area (Å²) in [6.45, 7) is 1.87. The first-order chi connectivity index (χ1) is 12.6. The van der Waals surface area contributed by atoms with E-state index in [4.69, 9.17) is 14.7 Å². The summed E-state index contributed by atoms with van der Waals surface area (Å²) in [7, 11) is 3.98. The predicted octanol–water partition coefficient (Wildman–Crippen LogP) is 1.67. The molecule has 1 atom stereocenters. The first kappa shape index (κ1) is 16.9. The molecule has 7 heteroatoms. The van der Waals surface area contributed by atoms with Crippen molar-refractivity contribution in [3.05, 3.63) is 35.8 Å². The van der Waals surface area contributed by atoms with E-state index >= 15 is 0 Å². The van der Waals surface area contributed by atoms with E-state index < -0.39 is 0 Å². The second-order valence-corrected chi connectivity index (χ2v) is 6.94. The van der Waals surface area contributed by atoms with Crippen LogP contribution in [0.1, 0.15) is 24.1 Å². The van der Waals surface area contributed by atoms with Gasteiger partial charge in [-0.25, -0.2) is 9.97 Å². The number of ether oxygens (including phenoxy) is 1. The quantitative estimate of drug-likeness (QED) is 0.836. The number of pyridine rings is 1. The van der Waals surface area contributed by atoms with Crippen molar-refractivity contribution >= 4 is 11.7 Å². The van der Waals surface area contributed by atoms with Crippen LogP contribution >= 0.6 is 0 Å². The van der Waals surface area contributed by atoms with Crippen molar-refractivity contribution in [2.24, 2.45) is 0 Å². The van der Waals surface area contributed by atoms with Gasteiger partial charge in [-0.15, -0.1) is 0 Å². The number of anilines is 1. The average Bonchev–Trinajstić information content (AvgIpc) is 3.21. The Kier molecular flexibility index (Phi) is 4.55. The minimum Gasteiger partial charge on any atom is -0.368 e. The third-order valence-electron chi connectivity index (χ3n) is 4.92. The van der Waals surface area contributed by atoms with Gasteiger partial charge in [0.1, 0.15) is 11.9 Å². The maximum atomic E-state index is 12.7. The van der Waals surface area contributed by atoms with Crippen LogP contribution in [0.15, 0.2) is 24.5 Å². The molecule has 0 aromatic carbocycles. The molecule has 4 heterocycles. The average molecular weight is 353 g/mol. The van der Waals surface area contributed by atoms with Crippen molar-refractivity contribution in [2.45, 2.75) is 31.9 Å². The Morgan fingerprint density at radius 2 is 2.08 bits per heavy atom. The highest BCUT2D eigenvalue weighted by Crippen LogP contribution is 2.29. The summed E-state index contributed by atoms with van der Waals surface area (Å²) < 4.78 is 5.57. The van der Waals surface area contributed by atoms with Crippen LogP contribution in [-0.2, 0) is 22.5 Å². The van der Waals surface area contributed by atoms with Crippen molar-refractivity contribution in [2.75, 3.05) is 32.1 Å². The van der Waals surface area contributed by atoms with Gasteiger partial charge < -0.3 is 14.5 Å². The molecule has 0 unspecified atom stereocenters. The lowest BCUT2D eigenvalue weighted by Crippen LogP contribution is -2.42. The Morgan fingerprint density at radius 1 is 1.27 bits per heavy atom. The van der Waals surface area contributed by atoms with E-state index in [9.17, 15) is 4.79 Å². The van der Waals surface area contributed by atoms with Crippen molar-refractivity contribution in [1.29, 1.82) is 0 Å². The Morgan fingerprint density at radius 3 is 2.77 bits per heavy atom. The lowest BCUT2D eigenvalue weighted by Gasteiger charge is -2.32. The number of hydrogen-bond donors (Lipinski definition) is 0. The second-order valence-electron chi connectivity index (χ2n) is 6.94. The molecule has 1 saturated heterocycles. The van der Waals surface area contributed by atoms with E-state index in [0.29, 0.717) is 25.5 Å². The molecule has 4 rings (SSSR count). The molecule has 2 aliphatic rings. The monoisotopic (exact) mass is 353 g/mol. The zero-order valence-electron chi connectivity index (χ0n) is 15.2. The largest absolute Gasteiger partial charge is 0.368 e. The van der Waals surface area contributed by atoms with Gasteiger partial charge in [0.2, 0.25) is 0 Å². The summed E-state index contributed by atoms with van der Waals surface area (Å²) in [4.78, 5) is 30.2. The zero-order valence-corrected chi connectivity index (χ0v) is 15.2. The van der Waals surface area contributed by atoms with Gasteiger partial charge in [-0.05, 0) is 31.4 Å². The molecule has 7 nitrogen and oxygen atoms in total. The molecule has 1 fully saturated rings. The van der Waals surface area contributed by atoms with E-state index in [0.717, 1.165) is 41.9 Å². The molecule has 2 aromatic rings. The summed E-state index contributed by atoms with van der Waals surface area (Å²) in [6.07, 6.45) is 5.72. The molecule has 0 spiro atoms. The standard InChI is InChI=1S/C19H23N5O2/c1-23(2)18-14-7-10-24(19(25)16-4-3-11-26-16)12-15(14)21-17(22-18)13-5-8-20-9-6-13/h5-6,8-9,16H,3-4,7,10-12H2,1-2H3/t16-/m0/s1. The molecular weight excluding hydrogens is 330 g/mol. The normalized spacial score (nSPS) is 19.3. The third kappa shape index (κ3) is 3.14. The number of rotatable bonds is 3. The van der Waals surface area contributed by atoms with E-state index in [1.165, 1.54) is 0 Å². The van der Waals surface area contributed by atoms with Crippen LogP contribution in [0.4, 0.5) is 5.82 Å². The summed E-state index contributed by atoms with van der Waals surface area (Å²) in [5.41, 5.74) is 2.98. The SMILES string of the molecule is CN(C)c1nc(-c2ccncc2)nc2c1CCN(C(=O)[C@@H]1CCCO1)C2. The number of carbonyl (C=O) groups is 1. The smallest absolute Gasteiger partial charge is 0.252 e. The molecule has 2 aliphatic heterocycles. The predicted molar refractivity (Wildman–Crippen MR) is 97.7 cm³/mol. The van der Waals surface area contributed by atoms with E-state index in [-0.39, 0.29) is 12.0 Å². The van der Waals surface area contributed by atoms with Crippen molar-refractivity contribution in [3.8, 4) is 11.4 Å². The van der Waals surface area contributed by atoms with Gasteiger partial charge in [0.05, 0.1) is 12.2 Å². The lowest BCUT2D eigenvalue weighted by atomic mass is 10.0. The number of fused-ring (bicyclic) bond motifs is 1. The highest BCUT2D eigenvalue weighted by atomic mass is 16.5. The number of carbonyl (C=O) groups excluding carboxylic acids is 1. The fourth-order valence-electron chi connectivity index (χ4n) is 3.57. The zero-order chi connectivity index (χ0) is 18.1. The summed E-state index contributed by atoms with van der Waals surface area (Å²) in [5.74, 6) is 1.68. The second kappa shape index (κ2) is 6.99. The third-order valence-corrected chi connectivity index (χ3v) is 4.92. The van der Waals surface area contributed by atoms with Crippen LogP contribution in [0.25, 0.3) is 11.4 Å². The molecule has 136 valence electrons. The van der Waals surface area contributed by atoms with Crippen LogP contribution in [0.5, 0.6) is 0 Å². The number of aromatic nitrogens is 3. The molecule has 0 aliphatic carbocycles. The lowest BCUT2D eigenvalue weighted by molar-refractivity contribution is -0.141. The minimum absolute atomic E-state index is 0.0867. The first-order valence-corrected chi connectivity index (χ1v) is 9.01. The van der Waals surface area contributed by atoms with Crippen LogP contribution in [0, 0.1) is 0 Å². The molecule has 0 radical (unpaired) electrons. The minimum atomic E-state index is -0.286. The van der Waals surface area contributed by atoms with Gasteiger partial charge in [-0.1, -0.05) is 0 Å². The van der Waals surface area contributed by atoms with Gasteiger partial charge >= 0.3 is 0 Å². The Labute approximate surface area is 153 Å². The summed E-state index contributed by atoms with van der Waals surface area (Å²) in [5, 5.41) is 0. The summed E-state index contributed by atoms with van der Waals surface area (Å²) >= 11 is 0. The van der Waals surface area contributed by atoms with Crippen LogP contribution in [0.2, 0.25) is 0 Å². The first-order valence-electron chi connectivity index (χ1n) is 9.01. The summed E-state index contributed by atoms with van der Waals surface area (Å²) in [6, 6.07) is 3.80. The Bertz CT molecular complexity index is 803. The highest BCUT2D eigenvalue weighted by Gasteiger charge is 2.32. The van der Waals surface area contributed by atoms with Crippen LogP contribution in [-0.4, -0.2) is 59.1 Å². The molecule has 1 amide bonds. The van der Waals surface area contributed by atoms with E-state index in [1.54, 1.807) is 12.4 Å². The molecule has 26 heavy (non-hydrogen) atoms. The van der Waals surface area contributed by atoms with Crippen molar-refractivity contribution in [1.82, 2.24) is 19.9 Å². The molecule has 0 saturated carbocycles. The van der Waals surface area contributed by atoms with E-state index in [1.807, 2.05) is 36.0 Å². The highest BCUT2D eigenvalue weighted by molar-refractivity contribution is 5.81. The fourth-order valence-corrected chi connectivity index (χ4v) is 3.57. The van der Waals surface area contributed by atoms with Gasteiger partial charge in [0.25, 0.3) is 5.91 Å². The van der Waals surface area contributed by atoms with E-state index in [2.05, 4.69) is 4.98 Å². The van der Waals surface area contributed by atoms with Gasteiger partial charge in [-0.2, -0.15) is 0 Å². The van der Waals surface area contributed by atoms with Crippen molar-refractivity contribution < 1.29 is 9.53 Å². The van der Waals surface area contributed by atoms with Crippen LogP contribution < -0.4 is 4.90 Å². The molecule has 2 aromatic heterocycles. The number of nitrogens with zero attached hydrogens (tertiary/aromatic N) is 5. The van der Waals surface area contributed by atoms with Gasteiger partial charge in [0.15, 0.2) is 5.82 Å². The Balaban J connectivity index is 1.68. The number of amides is 1. The fraction of sp³-hybridized carbons (Fsp3) is 0.474. The molecule has 0 bridgehead atoms. The molecular formula is C19H23N5O2. The van der Waals surface area contributed by atoms with Gasteiger partial charge in [-0.3, -0.25) is 9.78 Å². The van der Waals surface area contributed by atoms with Crippen molar-refractivity contribution in [3.63, 3.8) is 0 Å². The number of hydrogen-bond acceptors (Lipinski definition) is 6. The van der Waals surface area contributed by atoms with Crippen LogP contribution in [0.3, 0.4) is 0 Å². The Hall–Kier alpha value is -2.54. The topological polar surface area (TPSA) is 71.5 Å². The maximum absolute atomic E-state index is 12.7. The van der Waals surface area contributed by atoms with Gasteiger partial charge in [0, 0.05) is 50.8 Å².